The van der Waals surface area contributed by atoms with E-state index in [1.54, 1.807) is 12.1 Å². The number of rotatable bonds is 6. The van der Waals surface area contributed by atoms with Gasteiger partial charge in [0.25, 0.3) is 10.0 Å². The molecule has 130 valence electrons. The van der Waals surface area contributed by atoms with Crippen LogP contribution in [0.25, 0.3) is 0 Å². The highest BCUT2D eigenvalue weighted by atomic mass is 32.2. The fourth-order valence-corrected chi connectivity index (χ4v) is 3.23. The Balaban J connectivity index is 1.79. The number of aromatic nitrogens is 1. The number of nitrogens with zero attached hydrogens (tertiary/aromatic N) is 2. The largest absolute Gasteiger partial charge is 0.485 e. The number of nitrogens with one attached hydrogen (secondary N) is 1. The maximum atomic E-state index is 12.5. The molecular formula is C19H15N3O3S. The Morgan fingerprint density at radius 2 is 1.73 bits per heavy atom. The average Bonchev–Trinajstić information content (AvgIpc) is 2.68. The van der Waals surface area contributed by atoms with Crippen molar-refractivity contribution in [3.63, 3.8) is 0 Å². The number of sulfonamides is 1. The molecule has 0 bridgehead atoms. The van der Waals surface area contributed by atoms with E-state index in [0.717, 1.165) is 5.56 Å². The topological polar surface area (TPSA) is 92.1 Å². The van der Waals surface area contributed by atoms with Crippen LogP contribution in [0.5, 0.6) is 5.75 Å². The third-order valence-corrected chi connectivity index (χ3v) is 4.89. The fraction of sp³-hybridized carbons (Fsp3) is 0.0526. The van der Waals surface area contributed by atoms with Crippen molar-refractivity contribution in [2.45, 2.75) is 11.5 Å². The zero-order valence-corrected chi connectivity index (χ0v) is 14.5. The first-order valence-electron chi connectivity index (χ1n) is 7.73. The van der Waals surface area contributed by atoms with Gasteiger partial charge in [-0.15, -0.1) is 0 Å². The molecule has 0 saturated carbocycles. The minimum atomic E-state index is -3.85. The lowest BCUT2D eigenvalue weighted by atomic mass is 10.2. The quantitative estimate of drug-likeness (QED) is 0.723. The molecule has 0 unspecified atom stereocenters. The second-order valence-electron chi connectivity index (χ2n) is 5.37. The lowest BCUT2D eigenvalue weighted by Crippen LogP contribution is -2.15. The van der Waals surface area contributed by atoms with Crippen LogP contribution in [-0.2, 0) is 16.6 Å². The van der Waals surface area contributed by atoms with Gasteiger partial charge in [-0.3, -0.25) is 4.72 Å². The molecule has 0 spiro atoms. The molecule has 7 heteroatoms. The molecule has 1 N–H and O–H groups in total. The van der Waals surface area contributed by atoms with Crippen molar-refractivity contribution in [3.05, 3.63) is 84.1 Å². The first-order chi connectivity index (χ1) is 12.6. The smallest absolute Gasteiger partial charge is 0.263 e. The van der Waals surface area contributed by atoms with Crippen LogP contribution in [-0.4, -0.2) is 13.4 Å². The minimum absolute atomic E-state index is 0.0381. The molecule has 0 radical (unpaired) electrons. The van der Waals surface area contributed by atoms with Crippen molar-refractivity contribution in [2.24, 2.45) is 0 Å². The zero-order valence-electron chi connectivity index (χ0n) is 13.7. The van der Waals surface area contributed by atoms with Crippen molar-refractivity contribution in [2.75, 3.05) is 4.72 Å². The molecule has 2 aromatic carbocycles. The van der Waals surface area contributed by atoms with E-state index in [1.165, 1.54) is 30.5 Å². The summed E-state index contributed by atoms with van der Waals surface area (Å²) in [6, 6.07) is 20.4. The van der Waals surface area contributed by atoms with Crippen LogP contribution in [0.1, 0.15) is 11.1 Å². The minimum Gasteiger partial charge on any atom is -0.485 e. The predicted octanol–water partition coefficient (Wildman–Crippen LogP) is 3.33. The molecule has 0 aliphatic carbocycles. The molecule has 0 aliphatic rings. The highest BCUT2D eigenvalue weighted by molar-refractivity contribution is 7.92. The molecule has 0 amide bonds. The second-order valence-corrected chi connectivity index (χ2v) is 7.05. The maximum Gasteiger partial charge on any atom is 0.263 e. The van der Waals surface area contributed by atoms with E-state index in [0.29, 0.717) is 11.3 Å². The summed E-state index contributed by atoms with van der Waals surface area (Å²) in [6.07, 6.45) is 1.48. The fourth-order valence-electron chi connectivity index (χ4n) is 2.21. The van der Waals surface area contributed by atoms with Gasteiger partial charge >= 0.3 is 0 Å². The molecular weight excluding hydrogens is 350 g/mol. The van der Waals surface area contributed by atoms with Crippen LogP contribution in [0.15, 0.2) is 77.8 Å². The number of hydrogen-bond acceptors (Lipinski definition) is 5. The average molecular weight is 365 g/mol. The second kappa shape index (κ2) is 7.68. The van der Waals surface area contributed by atoms with Crippen molar-refractivity contribution in [1.82, 2.24) is 4.98 Å². The number of hydrogen-bond donors (Lipinski definition) is 1. The van der Waals surface area contributed by atoms with Gasteiger partial charge in [0.15, 0.2) is 11.6 Å². The van der Waals surface area contributed by atoms with Gasteiger partial charge in [-0.1, -0.05) is 30.3 Å². The summed E-state index contributed by atoms with van der Waals surface area (Å²) in [5.74, 6) is 0.432. The van der Waals surface area contributed by atoms with Crippen LogP contribution in [0.3, 0.4) is 0 Å². The Bertz CT molecular complexity index is 1030. The molecule has 3 aromatic rings. The summed E-state index contributed by atoms with van der Waals surface area (Å²) in [5, 5.41) is 8.81. The van der Waals surface area contributed by atoms with Gasteiger partial charge in [-0.25, -0.2) is 13.4 Å². The Kier molecular flexibility index (Phi) is 5.15. The summed E-state index contributed by atoms with van der Waals surface area (Å²) < 4.78 is 33.2. The van der Waals surface area contributed by atoms with E-state index >= 15 is 0 Å². The molecule has 3 rings (SSSR count). The van der Waals surface area contributed by atoms with Crippen LogP contribution in [0.4, 0.5) is 5.82 Å². The molecule has 0 aliphatic heterocycles. The summed E-state index contributed by atoms with van der Waals surface area (Å²) >= 11 is 0. The van der Waals surface area contributed by atoms with E-state index in [1.807, 2.05) is 36.4 Å². The summed E-state index contributed by atoms with van der Waals surface area (Å²) in [6.45, 7) is 0.290. The van der Waals surface area contributed by atoms with Gasteiger partial charge < -0.3 is 4.74 Å². The summed E-state index contributed by atoms with van der Waals surface area (Å²) in [7, 11) is -3.85. The van der Waals surface area contributed by atoms with Gasteiger partial charge in [-0.2, -0.15) is 5.26 Å². The Hall–Kier alpha value is -3.37. The number of anilines is 1. The first-order valence-corrected chi connectivity index (χ1v) is 9.21. The van der Waals surface area contributed by atoms with Gasteiger partial charge in [-0.05, 0) is 42.0 Å². The van der Waals surface area contributed by atoms with Crippen LogP contribution < -0.4 is 9.46 Å². The van der Waals surface area contributed by atoms with Gasteiger partial charge in [0.2, 0.25) is 0 Å². The lowest BCUT2D eigenvalue weighted by Gasteiger charge is -2.12. The van der Waals surface area contributed by atoms with E-state index in [9.17, 15) is 8.42 Å². The molecule has 0 atom stereocenters. The van der Waals surface area contributed by atoms with Crippen LogP contribution in [0.2, 0.25) is 0 Å². The van der Waals surface area contributed by atoms with Crippen molar-refractivity contribution in [1.29, 1.82) is 5.26 Å². The van der Waals surface area contributed by atoms with Gasteiger partial charge in [0, 0.05) is 6.20 Å². The third kappa shape index (κ3) is 4.18. The van der Waals surface area contributed by atoms with Crippen LogP contribution >= 0.6 is 0 Å². The Morgan fingerprint density at radius 1 is 1.00 bits per heavy atom. The van der Waals surface area contributed by atoms with Crippen molar-refractivity contribution < 1.29 is 13.2 Å². The first kappa shape index (κ1) is 17.5. The van der Waals surface area contributed by atoms with Gasteiger partial charge in [0.05, 0.1) is 16.5 Å². The van der Waals surface area contributed by atoms with Crippen molar-refractivity contribution in [3.8, 4) is 11.8 Å². The molecule has 1 aromatic heterocycles. The third-order valence-electron chi connectivity index (χ3n) is 3.53. The van der Waals surface area contributed by atoms with E-state index in [2.05, 4.69) is 9.71 Å². The monoisotopic (exact) mass is 365 g/mol. The summed E-state index contributed by atoms with van der Waals surface area (Å²) in [5.41, 5.74) is 1.34. The van der Waals surface area contributed by atoms with E-state index in [-0.39, 0.29) is 17.3 Å². The number of ether oxygens (including phenoxy) is 1. The van der Waals surface area contributed by atoms with E-state index in [4.69, 9.17) is 10.00 Å². The SMILES string of the molecule is N#Cc1ccc(S(=O)(=O)Nc2ncccc2OCc2ccccc2)cc1. The Labute approximate surface area is 151 Å². The summed E-state index contributed by atoms with van der Waals surface area (Å²) in [4.78, 5) is 4.11. The van der Waals surface area contributed by atoms with E-state index < -0.39 is 10.0 Å². The lowest BCUT2D eigenvalue weighted by molar-refractivity contribution is 0.307. The standard InChI is InChI=1S/C19H15N3O3S/c20-13-15-8-10-17(11-9-15)26(23,24)22-19-18(7-4-12-21-19)25-14-16-5-2-1-3-6-16/h1-12H,14H2,(H,21,22). The van der Waals surface area contributed by atoms with Crippen LogP contribution in [0, 0.1) is 11.3 Å². The highest BCUT2D eigenvalue weighted by Crippen LogP contribution is 2.25. The molecule has 0 saturated heterocycles. The molecule has 26 heavy (non-hydrogen) atoms. The van der Waals surface area contributed by atoms with Crippen molar-refractivity contribution >= 4 is 15.8 Å². The normalized spacial score (nSPS) is 10.7. The number of pyridine rings is 1. The molecule has 0 fully saturated rings. The Morgan fingerprint density at radius 3 is 2.42 bits per heavy atom. The predicted molar refractivity (Wildman–Crippen MR) is 97.0 cm³/mol. The van der Waals surface area contributed by atoms with Gasteiger partial charge in [0.1, 0.15) is 6.61 Å². The maximum absolute atomic E-state index is 12.5. The number of nitriles is 1. The molecule has 6 nitrogen and oxygen atoms in total. The zero-order chi connectivity index (χ0) is 18.4. The number of benzene rings is 2. The molecule has 1 heterocycles. The highest BCUT2D eigenvalue weighted by Gasteiger charge is 2.17.